The Morgan fingerprint density at radius 2 is 1.95 bits per heavy atom. The van der Waals surface area contributed by atoms with Crippen LogP contribution in [0.15, 0.2) is 35.6 Å². The number of carbonyl (C=O) groups excluding carboxylic acids is 1. The molecule has 0 spiro atoms. The van der Waals surface area contributed by atoms with Crippen molar-refractivity contribution in [3.05, 3.63) is 35.6 Å². The highest BCUT2D eigenvalue weighted by Crippen LogP contribution is 2.28. The second-order valence-corrected chi connectivity index (χ2v) is 4.17. The summed E-state index contributed by atoms with van der Waals surface area (Å²) < 4.78 is 37.2. The van der Waals surface area contributed by atoms with E-state index in [2.05, 4.69) is 6.58 Å². The molecule has 1 amide bonds. The van der Waals surface area contributed by atoms with Crippen LogP contribution in [0.1, 0.15) is 19.8 Å². The second-order valence-electron chi connectivity index (χ2n) is 4.17. The van der Waals surface area contributed by atoms with Crippen LogP contribution in [0, 0.1) is 0 Å². The van der Waals surface area contributed by atoms with E-state index < -0.39 is 12.1 Å². The van der Waals surface area contributed by atoms with Gasteiger partial charge in [0.15, 0.2) is 0 Å². The Balaban J connectivity index is 2.97. The van der Waals surface area contributed by atoms with Gasteiger partial charge >= 0.3 is 12.1 Å². The van der Waals surface area contributed by atoms with Crippen LogP contribution in [-0.4, -0.2) is 35.2 Å². The largest absolute Gasteiger partial charge is 0.508 e. The highest BCUT2D eigenvalue weighted by molar-refractivity contribution is 5.82. The lowest BCUT2D eigenvalue weighted by Crippen LogP contribution is -2.41. The van der Waals surface area contributed by atoms with E-state index in [0.29, 0.717) is 5.57 Å². The molecule has 1 fully saturated rings. The summed E-state index contributed by atoms with van der Waals surface area (Å²) in [6.07, 6.45) is -1.41. The third kappa shape index (κ3) is 3.62. The molecule has 106 valence electrons. The predicted molar refractivity (Wildman–Crippen MR) is 65.5 cm³/mol. The number of aliphatic hydroxyl groups is 1. The maximum atomic E-state index is 12.4. The van der Waals surface area contributed by atoms with Crippen LogP contribution in [0.3, 0.4) is 0 Å². The van der Waals surface area contributed by atoms with Crippen LogP contribution in [0.4, 0.5) is 13.2 Å². The SMILES string of the molecule is C=C/C(O)=C1/CCN(C(=O)C(F)(F)F)CC/C1=C/C. The lowest BCUT2D eigenvalue weighted by atomic mass is 10.00. The molecule has 0 radical (unpaired) electrons. The Labute approximate surface area is 109 Å². The highest BCUT2D eigenvalue weighted by Gasteiger charge is 2.42. The smallest absolute Gasteiger partial charge is 0.471 e. The van der Waals surface area contributed by atoms with Gasteiger partial charge in [-0.05, 0) is 37.0 Å². The molecule has 1 rings (SSSR count). The lowest BCUT2D eigenvalue weighted by Gasteiger charge is -2.21. The number of nitrogens with zero attached hydrogens (tertiary/aromatic N) is 1. The van der Waals surface area contributed by atoms with Gasteiger partial charge in [-0.3, -0.25) is 4.79 Å². The van der Waals surface area contributed by atoms with Crippen LogP contribution < -0.4 is 0 Å². The topological polar surface area (TPSA) is 40.5 Å². The molecule has 1 aliphatic rings. The van der Waals surface area contributed by atoms with Crippen molar-refractivity contribution < 1.29 is 23.1 Å². The fourth-order valence-corrected chi connectivity index (χ4v) is 2.04. The first kappa shape index (κ1) is 15.3. The van der Waals surface area contributed by atoms with Crippen LogP contribution in [0.2, 0.25) is 0 Å². The van der Waals surface area contributed by atoms with E-state index in [0.717, 1.165) is 10.5 Å². The van der Waals surface area contributed by atoms with Crippen molar-refractivity contribution in [2.45, 2.75) is 25.9 Å². The number of hydrogen-bond donors (Lipinski definition) is 1. The van der Waals surface area contributed by atoms with Crippen LogP contribution in [-0.2, 0) is 4.79 Å². The third-order valence-corrected chi connectivity index (χ3v) is 3.05. The summed E-state index contributed by atoms with van der Waals surface area (Å²) in [5.41, 5.74) is 1.30. The Morgan fingerprint density at radius 3 is 2.42 bits per heavy atom. The number of likely N-dealkylation sites (tertiary alicyclic amines) is 1. The molecule has 19 heavy (non-hydrogen) atoms. The summed E-state index contributed by atoms with van der Waals surface area (Å²) in [4.78, 5) is 12.0. The van der Waals surface area contributed by atoms with Crippen molar-refractivity contribution in [3.8, 4) is 0 Å². The van der Waals surface area contributed by atoms with Crippen molar-refractivity contribution in [1.82, 2.24) is 4.90 Å². The number of amides is 1. The average Bonchev–Trinajstić information content (AvgIpc) is 2.57. The molecule has 1 aliphatic heterocycles. The molecule has 0 saturated carbocycles. The van der Waals surface area contributed by atoms with Crippen molar-refractivity contribution in [1.29, 1.82) is 0 Å². The quantitative estimate of drug-likeness (QED) is 0.747. The zero-order chi connectivity index (χ0) is 14.6. The molecule has 0 aliphatic carbocycles. The lowest BCUT2D eigenvalue weighted by molar-refractivity contribution is -0.185. The minimum atomic E-state index is -4.86. The molecular weight excluding hydrogens is 259 g/mol. The minimum Gasteiger partial charge on any atom is -0.508 e. The second kappa shape index (κ2) is 5.95. The Kier molecular flexibility index (Phi) is 4.80. The van der Waals surface area contributed by atoms with Gasteiger partial charge in [0.2, 0.25) is 0 Å². The number of halogens is 3. The standard InChI is InChI=1S/C13H16F3NO2/c1-3-9-5-7-17(12(19)13(14,15)16)8-6-10(9)11(18)4-2/h3-4,18H,2,5-8H2,1H3/b9-3-,11-10+. The van der Waals surface area contributed by atoms with Gasteiger partial charge in [0, 0.05) is 13.1 Å². The maximum absolute atomic E-state index is 12.4. The minimum absolute atomic E-state index is 0.00800. The molecule has 1 saturated heterocycles. The normalized spacial score (nSPS) is 22.1. The number of allylic oxidation sites excluding steroid dienone is 2. The van der Waals surface area contributed by atoms with Gasteiger partial charge in [-0.15, -0.1) is 0 Å². The zero-order valence-electron chi connectivity index (χ0n) is 10.6. The van der Waals surface area contributed by atoms with Crippen LogP contribution in [0.5, 0.6) is 0 Å². The summed E-state index contributed by atoms with van der Waals surface area (Å²) in [5, 5.41) is 9.69. The van der Waals surface area contributed by atoms with Gasteiger partial charge in [-0.1, -0.05) is 12.7 Å². The number of alkyl halides is 3. The molecule has 0 unspecified atom stereocenters. The van der Waals surface area contributed by atoms with E-state index in [-0.39, 0.29) is 31.7 Å². The number of aliphatic hydroxyl groups excluding tert-OH is 1. The van der Waals surface area contributed by atoms with E-state index in [1.165, 1.54) is 6.08 Å². The van der Waals surface area contributed by atoms with E-state index >= 15 is 0 Å². The van der Waals surface area contributed by atoms with Gasteiger partial charge in [0.25, 0.3) is 0 Å². The predicted octanol–water partition coefficient (Wildman–Crippen LogP) is 3.12. The van der Waals surface area contributed by atoms with E-state index in [9.17, 15) is 23.1 Å². The van der Waals surface area contributed by atoms with Crippen molar-refractivity contribution >= 4 is 5.91 Å². The summed E-state index contributed by atoms with van der Waals surface area (Å²) in [6, 6.07) is 0. The van der Waals surface area contributed by atoms with Crippen molar-refractivity contribution in [3.63, 3.8) is 0 Å². The molecule has 0 aromatic heterocycles. The average molecular weight is 275 g/mol. The summed E-state index contributed by atoms with van der Waals surface area (Å²) in [5.74, 6) is -1.88. The van der Waals surface area contributed by atoms with Crippen LogP contribution >= 0.6 is 0 Å². The van der Waals surface area contributed by atoms with Gasteiger partial charge < -0.3 is 10.0 Å². The van der Waals surface area contributed by atoms with E-state index in [4.69, 9.17) is 0 Å². The number of rotatable bonds is 1. The fraction of sp³-hybridized carbons (Fsp3) is 0.462. The first-order valence-corrected chi connectivity index (χ1v) is 5.87. The first-order valence-electron chi connectivity index (χ1n) is 5.87. The van der Waals surface area contributed by atoms with Crippen LogP contribution in [0.25, 0.3) is 0 Å². The molecular formula is C13H16F3NO2. The molecule has 1 N–H and O–H groups in total. The summed E-state index contributed by atoms with van der Waals surface area (Å²) >= 11 is 0. The summed E-state index contributed by atoms with van der Waals surface area (Å²) in [6.45, 7) is 5.10. The molecule has 0 aromatic rings. The maximum Gasteiger partial charge on any atom is 0.471 e. The Bertz CT molecular complexity index is 436. The monoisotopic (exact) mass is 275 g/mol. The first-order chi connectivity index (χ1) is 8.81. The van der Waals surface area contributed by atoms with Gasteiger partial charge in [-0.25, -0.2) is 0 Å². The van der Waals surface area contributed by atoms with E-state index in [1.54, 1.807) is 13.0 Å². The Morgan fingerprint density at radius 1 is 1.37 bits per heavy atom. The molecule has 0 atom stereocenters. The molecule has 1 heterocycles. The number of hydrogen-bond acceptors (Lipinski definition) is 2. The van der Waals surface area contributed by atoms with Gasteiger partial charge in [-0.2, -0.15) is 13.2 Å². The van der Waals surface area contributed by atoms with Crippen molar-refractivity contribution in [2.24, 2.45) is 0 Å². The highest BCUT2D eigenvalue weighted by atomic mass is 19.4. The fourth-order valence-electron chi connectivity index (χ4n) is 2.04. The molecule has 3 nitrogen and oxygen atoms in total. The molecule has 0 bridgehead atoms. The molecule has 6 heteroatoms. The summed E-state index contributed by atoms with van der Waals surface area (Å²) in [7, 11) is 0. The van der Waals surface area contributed by atoms with Gasteiger partial charge in [0.05, 0.1) is 0 Å². The third-order valence-electron chi connectivity index (χ3n) is 3.05. The van der Waals surface area contributed by atoms with Crippen molar-refractivity contribution in [2.75, 3.05) is 13.1 Å². The molecule has 0 aromatic carbocycles. The Hall–Kier alpha value is -1.72. The number of carbonyl (C=O) groups is 1. The van der Waals surface area contributed by atoms with E-state index in [1.807, 2.05) is 0 Å². The zero-order valence-corrected chi connectivity index (χ0v) is 10.6. The van der Waals surface area contributed by atoms with Gasteiger partial charge in [0.1, 0.15) is 5.76 Å².